The van der Waals surface area contributed by atoms with Gasteiger partial charge in [0.2, 0.25) is 0 Å². The zero-order valence-electron chi connectivity index (χ0n) is 10.0. The maximum absolute atomic E-state index is 13.6. The molecule has 0 amide bonds. The summed E-state index contributed by atoms with van der Waals surface area (Å²) in [4.78, 5) is 2.40. The Morgan fingerprint density at radius 2 is 2.18 bits per heavy atom. The lowest BCUT2D eigenvalue weighted by Crippen LogP contribution is -2.44. The van der Waals surface area contributed by atoms with Crippen LogP contribution in [0.3, 0.4) is 0 Å². The molecule has 2 atom stereocenters. The molecule has 0 bridgehead atoms. The third kappa shape index (κ3) is 2.35. The van der Waals surface area contributed by atoms with Crippen molar-refractivity contribution >= 4 is 0 Å². The van der Waals surface area contributed by atoms with Crippen molar-refractivity contribution in [2.75, 3.05) is 19.6 Å². The number of halogens is 1. The van der Waals surface area contributed by atoms with Crippen LogP contribution in [0.25, 0.3) is 0 Å². The van der Waals surface area contributed by atoms with Gasteiger partial charge in [0.25, 0.3) is 0 Å². The summed E-state index contributed by atoms with van der Waals surface area (Å²) in [6.45, 7) is 4.12. The molecule has 17 heavy (non-hydrogen) atoms. The average Bonchev–Trinajstić information content (AvgIpc) is 2.79. The summed E-state index contributed by atoms with van der Waals surface area (Å²) in [6, 6.07) is 7.84. The van der Waals surface area contributed by atoms with Crippen molar-refractivity contribution in [3.05, 3.63) is 35.6 Å². The molecule has 92 valence electrons. The van der Waals surface area contributed by atoms with Crippen LogP contribution in [0.4, 0.5) is 4.39 Å². The van der Waals surface area contributed by atoms with Crippen molar-refractivity contribution in [2.24, 2.45) is 5.92 Å². The Balaban J connectivity index is 1.64. The molecular weight excluding hydrogens is 215 g/mol. The van der Waals surface area contributed by atoms with E-state index >= 15 is 0 Å². The van der Waals surface area contributed by atoms with E-state index in [4.69, 9.17) is 0 Å². The lowest BCUT2D eigenvalue weighted by atomic mass is 9.93. The van der Waals surface area contributed by atoms with Gasteiger partial charge in [0.15, 0.2) is 0 Å². The molecule has 1 aromatic rings. The zero-order valence-corrected chi connectivity index (χ0v) is 10.0. The van der Waals surface area contributed by atoms with E-state index in [9.17, 15) is 4.39 Å². The Kier molecular flexibility index (Phi) is 3.12. The molecule has 1 aromatic carbocycles. The quantitative estimate of drug-likeness (QED) is 0.842. The van der Waals surface area contributed by atoms with Gasteiger partial charge in [-0.15, -0.1) is 0 Å². The van der Waals surface area contributed by atoms with Crippen LogP contribution in [0, 0.1) is 11.7 Å². The summed E-state index contributed by atoms with van der Waals surface area (Å²) in [5.41, 5.74) is 0.830. The van der Waals surface area contributed by atoms with Crippen LogP contribution in [-0.4, -0.2) is 30.6 Å². The molecular formula is C14H19FN2. The number of nitrogens with zero attached hydrogens (tertiary/aromatic N) is 1. The van der Waals surface area contributed by atoms with Gasteiger partial charge in [-0.3, -0.25) is 4.90 Å². The third-order valence-corrected chi connectivity index (χ3v) is 4.09. The molecule has 2 aliphatic rings. The van der Waals surface area contributed by atoms with Gasteiger partial charge in [0.1, 0.15) is 5.82 Å². The van der Waals surface area contributed by atoms with Gasteiger partial charge in [0.05, 0.1) is 0 Å². The van der Waals surface area contributed by atoms with Gasteiger partial charge < -0.3 is 5.32 Å². The van der Waals surface area contributed by atoms with Crippen LogP contribution >= 0.6 is 0 Å². The second kappa shape index (κ2) is 4.75. The molecule has 0 spiro atoms. The molecule has 3 heteroatoms. The minimum absolute atomic E-state index is 0.0702. The molecule has 0 saturated carbocycles. The Bertz CT molecular complexity index is 394. The molecule has 0 aliphatic carbocycles. The Morgan fingerprint density at radius 3 is 3.06 bits per heavy atom. The van der Waals surface area contributed by atoms with Crippen LogP contribution in [0.2, 0.25) is 0 Å². The number of rotatable bonds is 2. The standard InChI is InChI=1S/C14H19FN2/c15-13-4-2-1-3-11(13)9-17-8-6-14-12(10-17)5-7-16-14/h1-4,12,14,16H,5-10H2. The summed E-state index contributed by atoms with van der Waals surface area (Å²) in [5.74, 6) is 0.703. The summed E-state index contributed by atoms with van der Waals surface area (Å²) in [6.07, 6.45) is 2.48. The minimum Gasteiger partial charge on any atom is -0.314 e. The lowest BCUT2D eigenvalue weighted by molar-refractivity contribution is 0.154. The smallest absolute Gasteiger partial charge is 0.127 e. The van der Waals surface area contributed by atoms with Crippen molar-refractivity contribution in [1.82, 2.24) is 10.2 Å². The van der Waals surface area contributed by atoms with Crippen LogP contribution in [0.5, 0.6) is 0 Å². The zero-order chi connectivity index (χ0) is 11.7. The van der Waals surface area contributed by atoms with Gasteiger partial charge in [-0.25, -0.2) is 4.39 Å². The van der Waals surface area contributed by atoms with Gasteiger partial charge in [0, 0.05) is 24.7 Å². The van der Waals surface area contributed by atoms with Gasteiger partial charge in [-0.05, 0) is 37.9 Å². The molecule has 2 unspecified atom stereocenters. The minimum atomic E-state index is -0.0702. The van der Waals surface area contributed by atoms with Crippen molar-refractivity contribution in [3.8, 4) is 0 Å². The first-order valence-corrected chi connectivity index (χ1v) is 6.52. The van der Waals surface area contributed by atoms with E-state index in [0.717, 1.165) is 37.7 Å². The van der Waals surface area contributed by atoms with Crippen LogP contribution in [-0.2, 0) is 6.54 Å². The lowest BCUT2D eigenvalue weighted by Gasteiger charge is -2.34. The second-order valence-electron chi connectivity index (χ2n) is 5.22. The highest BCUT2D eigenvalue weighted by Crippen LogP contribution is 2.25. The number of nitrogens with one attached hydrogen (secondary N) is 1. The first-order chi connectivity index (χ1) is 8.33. The van der Waals surface area contributed by atoms with Gasteiger partial charge in [-0.2, -0.15) is 0 Å². The molecule has 2 aliphatic heterocycles. The van der Waals surface area contributed by atoms with Crippen molar-refractivity contribution in [2.45, 2.75) is 25.4 Å². The summed E-state index contributed by atoms with van der Waals surface area (Å²) in [5, 5.41) is 3.55. The second-order valence-corrected chi connectivity index (χ2v) is 5.22. The number of benzene rings is 1. The fraction of sp³-hybridized carbons (Fsp3) is 0.571. The van der Waals surface area contributed by atoms with Crippen molar-refractivity contribution in [3.63, 3.8) is 0 Å². The fourth-order valence-electron chi connectivity index (χ4n) is 3.13. The molecule has 2 nitrogen and oxygen atoms in total. The van der Waals surface area contributed by atoms with E-state index in [0.29, 0.717) is 6.04 Å². The summed E-state index contributed by atoms with van der Waals surface area (Å²) >= 11 is 0. The SMILES string of the molecule is Fc1ccccc1CN1CCC2NCCC2C1. The molecule has 1 N–H and O–H groups in total. The summed E-state index contributed by atoms with van der Waals surface area (Å²) in [7, 11) is 0. The Hall–Kier alpha value is -0.930. The Labute approximate surface area is 102 Å². The monoisotopic (exact) mass is 234 g/mol. The van der Waals surface area contributed by atoms with E-state index in [1.807, 2.05) is 12.1 Å². The third-order valence-electron chi connectivity index (χ3n) is 4.09. The first-order valence-electron chi connectivity index (χ1n) is 6.52. The van der Waals surface area contributed by atoms with E-state index < -0.39 is 0 Å². The highest BCUT2D eigenvalue weighted by Gasteiger charge is 2.32. The molecule has 0 radical (unpaired) electrons. The summed E-state index contributed by atoms with van der Waals surface area (Å²) < 4.78 is 13.6. The number of fused-ring (bicyclic) bond motifs is 1. The highest BCUT2D eigenvalue weighted by molar-refractivity contribution is 5.17. The number of piperidine rings is 1. The molecule has 0 aromatic heterocycles. The van der Waals surface area contributed by atoms with Crippen molar-refractivity contribution < 1.29 is 4.39 Å². The number of likely N-dealkylation sites (tertiary alicyclic amines) is 1. The number of hydrogen-bond donors (Lipinski definition) is 1. The normalized spacial score (nSPS) is 29.2. The molecule has 2 heterocycles. The predicted molar refractivity (Wildman–Crippen MR) is 66.2 cm³/mol. The largest absolute Gasteiger partial charge is 0.314 e. The van der Waals surface area contributed by atoms with E-state index in [2.05, 4.69) is 10.2 Å². The fourth-order valence-corrected chi connectivity index (χ4v) is 3.13. The maximum Gasteiger partial charge on any atom is 0.127 e. The maximum atomic E-state index is 13.6. The van der Waals surface area contributed by atoms with E-state index in [-0.39, 0.29) is 5.82 Å². The average molecular weight is 234 g/mol. The predicted octanol–water partition coefficient (Wildman–Crippen LogP) is 2.01. The van der Waals surface area contributed by atoms with E-state index in [1.165, 1.54) is 12.8 Å². The van der Waals surface area contributed by atoms with Gasteiger partial charge in [-0.1, -0.05) is 18.2 Å². The Morgan fingerprint density at radius 1 is 1.29 bits per heavy atom. The first kappa shape index (κ1) is 11.2. The van der Waals surface area contributed by atoms with E-state index in [1.54, 1.807) is 12.1 Å². The molecule has 3 rings (SSSR count). The number of hydrogen-bond acceptors (Lipinski definition) is 2. The van der Waals surface area contributed by atoms with Crippen LogP contribution in [0.15, 0.2) is 24.3 Å². The molecule has 2 fully saturated rings. The topological polar surface area (TPSA) is 15.3 Å². The van der Waals surface area contributed by atoms with Gasteiger partial charge >= 0.3 is 0 Å². The van der Waals surface area contributed by atoms with Crippen LogP contribution < -0.4 is 5.32 Å². The van der Waals surface area contributed by atoms with Crippen LogP contribution in [0.1, 0.15) is 18.4 Å². The van der Waals surface area contributed by atoms with Crippen molar-refractivity contribution in [1.29, 1.82) is 0 Å². The molecule has 2 saturated heterocycles. The highest BCUT2D eigenvalue weighted by atomic mass is 19.1.